The molecule has 5 nitrogen and oxygen atoms in total. The Morgan fingerprint density at radius 1 is 1.04 bits per heavy atom. The number of aryl methyl sites for hydroxylation is 1. The normalized spacial score (nSPS) is 17.7. The fraction of sp³-hybridized carbons (Fsp3) is 0.429. The highest BCUT2D eigenvalue weighted by Crippen LogP contribution is 2.27. The van der Waals surface area contributed by atoms with Crippen molar-refractivity contribution < 1.29 is 9.59 Å². The number of fused-ring (bicyclic) bond motifs is 1. The van der Waals surface area contributed by atoms with Crippen LogP contribution in [0.15, 0.2) is 35.7 Å². The summed E-state index contributed by atoms with van der Waals surface area (Å²) in [5.74, 6) is 0.290. The second kappa shape index (κ2) is 7.82. The van der Waals surface area contributed by atoms with Gasteiger partial charge >= 0.3 is 0 Å². The zero-order chi connectivity index (χ0) is 18.8. The Kier molecular flexibility index (Phi) is 5.27. The maximum Gasteiger partial charge on any atom is 0.264 e. The van der Waals surface area contributed by atoms with Crippen LogP contribution in [0.5, 0.6) is 0 Å². The molecule has 0 saturated carbocycles. The zero-order valence-electron chi connectivity index (χ0n) is 15.7. The van der Waals surface area contributed by atoms with Crippen LogP contribution in [0.2, 0.25) is 0 Å². The van der Waals surface area contributed by atoms with Crippen molar-refractivity contribution in [3.63, 3.8) is 0 Å². The maximum absolute atomic E-state index is 12.8. The van der Waals surface area contributed by atoms with Gasteiger partial charge in [0.1, 0.15) is 0 Å². The molecule has 0 N–H and O–H groups in total. The summed E-state index contributed by atoms with van der Waals surface area (Å²) >= 11 is 1.51. The van der Waals surface area contributed by atoms with Crippen molar-refractivity contribution in [3.8, 4) is 0 Å². The number of rotatable bonds is 3. The molecule has 0 atom stereocenters. The Morgan fingerprint density at radius 2 is 1.89 bits per heavy atom. The molecule has 0 aliphatic carbocycles. The van der Waals surface area contributed by atoms with Crippen LogP contribution in [0.1, 0.15) is 27.2 Å². The minimum atomic E-state index is 0.129. The van der Waals surface area contributed by atoms with Gasteiger partial charge in [-0.25, -0.2) is 0 Å². The Labute approximate surface area is 164 Å². The molecule has 2 aliphatic heterocycles. The van der Waals surface area contributed by atoms with Gasteiger partial charge in [-0.3, -0.25) is 14.5 Å². The fourth-order valence-electron chi connectivity index (χ4n) is 3.94. The number of benzene rings is 1. The van der Waals surface area contributed by atoms with Crippen LogP contribution < -0.4 is 4.90 Å². The molecule has 0 unspecified atom stereocenters. The van der Waals surface area contributed by atoms with Gasteiger partial charge in [0, 0.05) is 38.4 Å². The van der Waals surface area contributed by atoms with Crippen molar-refractivity contribution in [1.29, 1.82) is 0 Å². The van der Waals surface area contributed by atoms with E-state index < -0.39 is 0 Å². The highest BCUT2D eigenvalue weighted by atomic mass is 32.1. The quantitative estimate of drug-likeness (QED) is 0.819. The van der Waals surface area contributed by atoms with Crippen molar-refractivity contribution in [1.82, 2.24) is 9.80 Å². The van der Waals surface area contributed by atoms with Gasteiger partial charge in [-0.1, -0.05) is 18.2 Å². The van der Waals surface area contributed by atoms with Gasteiger partial charge in [0.15, 0.2) is 0 Å². The summed E-state index contributed by atoms with van der Waals surface area (Å²) in [5, 5.41) is 1.97. The van der Waals surface area contributed by atoms with Gasteiger partial charge < -0.3 is 9.80 Å². The van der Waals surface area contributed by atoms with E-state index in [2.05, 4.69) is 11.0 Å². The molecule has 0 spiro atoms. The third kappa shape index (κ3) is 3.77. The molecule has 4 rings (SSSR count). The van der Waals surface area contributed by atoms with Crippen LogP contribution in [0.25, 0.3) is 0 Å². The molecule has 1 aromatic carbocycles. The number of para-hydroxylation sites is 1. The summed E-state index contributed by atoms with van der Waals surface area (Å²) < 4.78 is 0. The molecule has 2 amide bonds. The minimum Gasteiger partial charge on any atom is -0.337 e. The molecule has 0 radical (unpaired) electrons. The van der Waals surface area contributed by atoms with Crippen LogP contribution in [0.4, 0.5) is 5.69 Å². The van der Waals surface area contributed by atoms with E-state index in [4.69, 9.17) is 0 Å². The highest BCUT2D eigenvalue weighted by Gasteiger charge is 2.27. The van der Waals surface area contributed by atoms with Gasteiger partial charge in [-0.15, -0.1) is 11.3 Å². The highest BCUT2D eigenvalue weighted by molar-refractivity contribution is 7.12. The Morgan fingerprint density at radius 3 is 2.70 bits per heavy atom. The molecule has 0 bridgehead atoms. The summed E-state index contributed by atoms with van der Waals surface area (Å²) in [6.07, 6.45) is 1.84. The molecule has 142 valence electrons. The summed E-state index contributed by atoms with van der Waals surface area (Å²) in [7, 11) is 0. The second-order valence-electron chi connectivity index (χ2n) is 7.28. The third-order valence-corrected chi connectivity index (χ3v) is 6.48. The van der Waals surface area contributed by atoms with Crippen molar-refractivity contribution >= 4 is 28.8 Å². The number of carbonyl (C=O) groups is 2. The second-order valence-corrected chi connectivity index (χ2v) is 8.19. The minimum absolute atomic E-state index is 0.129. The number of amides is 2. The van der Waals surface area contributed by atoms with E-state index in [1.807, 2.05) is 46.4 Å². The molecular weight excluding hydrogens is 358 g/mol. The summed E-state index contributed by atoms with van der Waals surface area (Å²) in [6.45, 7) is 6.22. The van der Waals surface area contributed by atoms with Crippen LogP contribution in [-0.2, 0) is 11.2 Å². The fourth-order valence-corrected chi connectivity index (χ4v) is 4.83. The number of nitrogens with zero attached hydrogens (tertiary/aromatic N) is 3. The Balaban J connectivity index is 1.36. The Hall–Kier alpha value is -2.18. The molecule has 6 heteroatoms. The van der Waals surface area contributed by atoms with Crippen LogP contribution in [0, 0.1) is 6.92 Å². The molecular formula is C21H25N3O2S. The van der Waals surface area contributed by atoms with Gasteiger partial charge in [-0.05, 0) is 48.4 Å². The van der Waals surface area contributed by atoms with Crippen LogP contribution in [-0.4, -0.2) is 60.9 Å². The zero-order valence-corrected chi connectivity index (χ0v) is 16.5. The van der Waals surface area contributed by atoms with Crippen LogP contribution >= 0.6 is 11.3 Å². The maximum atomic E-state index is 12.8. The van der Waals surface area contributed by atoms with E-state index in [-0.39, 0.29) is 11.8 Å². The van der Waals surface area contributed by atoms with E-state index in [0.29, 0.717) is 13.1 Å². The lowest BCUT2D eigenvalue weighted by molar-refractivity contribution is -0.119. The average molecular weight is 384 g/mol. The molecule has 1 saturated heterocycles. The third-order valence-electron chi connectivity index (χ3n) is 5.48. The summed E-state index contributed by atoms with van der Waals surface area (Å²) in [4.78, 5) is 32.5. The lowest BCUT2D eigenvalue weighted by Crippen LogP contribution is -2.41. The van der Waals surface area contributed by atoms with Gasteiger partial charge in [-0.2, -0.15) is 0 Å². The van der Waals surface area contributed by atoms with E-state index >= 15 is 0 Å². The van der Waals surface area contributed by atoms with E-state index in [1.54, 1.807) is 0 Å². The van der Waals surface area contributed by atoms with Gasteiger partial charge in [0.2, 0.25) is 5.91 Å². The first-order valence-corrected chi connectivity index (χ1v) is 10.5. The molecule has 3 heterocycles. The predicted octanol–water partition coefficient (Wildman–Crippen LogP) is 2.79. The average Bonchev–Trinajstić information content (AvgIpc) is 3.22. The topological polar surface area (TPSA) is 43.9 Å². The monoisotopic (exact) mass is 383 g/mol. The largest absolute Gasteiger partial charge is 0.337 e. The number of carbonyl (C=O) groups excluding carboxylic acids is 2. The standard InChI is InChI=1S/C21H25N3O2S/c1-16-8-14-27-20(16)21(26)23-10-4-9-22(12-13-23)15-19(25)24-11-7-17-5-2-3-6-18(17)24/h2-3,5-6,8,14H,4,7,9-13,15H2,1H3. The van der Waals surface area contributed by atoms with Crippen molar-refractivity contribution in [2.24, 2.45) is 0 Å². The lowest BCUT2D eigenvalue weighted by Gasteiger charge is -2.24. The molecule has 2 aromatic rings. The predicted molar refractivity (Wildman–Crippen MR) is 109 cm³/mol. The first-order chi connectivity index (χ1) is 13.1. The number of hydrogen-bond donors (Lipinski definition) is 0. The van der Waals surface area contributed by atoms with Crippen molar-refractivity contribution in [2.75, 3.05) is 44.2 Å². The number of thiophene rings is 1. The number of anilines is 1. The van der Waals surface area contributed by atoms with E-state index in [1.165, 1.54) is 16.9 Å². The molecule has 27 heavy (non-hydrogen) atoms. The molecule has 1 fully saturated rings. The number of hydrogen-bond acceptors (Lipinski definition) is 4. The van der Waals surface area contributed by atoms with E-state index in [9.17, 15) is 9.59 Å². The Bertz CT molecular complexity index is 847. The van der Waals surface area contributed by atoms with Gasteiger partial charge in [0.05, 0.1) is 11.4 Å². The van der Waals surface area contributed by atoms with Gasteiger partial charge in [0.25, 0.3) is 5.91 Å². The van der Waals surface area contributed by atoms with Crippen LogP contribution in [0.3, 0.4) is 0 Å². The lowest BCUT2D eigenvalue weighted by atomic mass is 10.2. The first-order valence-electron chi connectivity index (χ1n) is 9.57. The first kappa shape index (κ1) is 18.2. The summed E-state index contributed by atoms with van der Waals surface area (Å²) in [5.41, 5.74) is 3.36. The SMILES string of the molecule is Cc1ccsc1C(=O)N1CCCN(CC(=O)N2CCc3ccccc32)CC1. The smallest absolute Gasteiger partial charge is 0.264 e. The van der Waals surface area contributed by atoms with Crippen molar-refractivity contribution in [3.05, 3.63) is 51.7 Å². The molecule has 2 aliphatic rings. The van der Waals surface area contributed by atoms with Crippen molar-refractivity contribution in [2.45, 2.75) is 19.8 Å². The summed E-state index contributed by atoms with van der Waals surface area (Å²) in [6, 6.07) is 10.2. The van der Waals surface area contributed by atoms with E-state index in [0.717, 1.165) is 55.1 Å². The molecule has 1 aromatic heterocycles.